The summed E-state index contributed by atoms with van der Waals surface area (Å²) in [5.74, 6) is 1.11. The SMILES string of the molecule is N#Cc1c(N)nc(N)nc1NC(c1nc2cccc(Cl)c2c(=O)n1-c1ccn[nH]1)C1CC1. The van der Waals surface area contributed by atoms with Gasteiger partial charge in [0, 0.05) is 6.07 Å². The minimum Gasteiger partial charge on any atom is -0.382 e. The van der Waals surface area contributed by atoms with Crippen molar-refractivity contribution in [3.8, 4) is 11.9 Å². The lowest BCUT2D eigenvalue weighted by molar-refractivity contribution is 0.605. The van der Waals surface area contributed by atoms with Crippen LogP contribution in [0.3, 0.4) is 0 Å². The van der Waals surface area contributed by atoms with Gasteiger partial charge in [0.25, 0.3) is 5.56 Å². The Morgan fingerprint density at radius 1 is 1.25 bits per heavy atom. The van der Waals surface area contributed by atoms with E-state index in [0.29, 0.717) is 27.6 Å². The van der Waals surface area contributed by atoms with E-state index in [0.717, 1.165) is 12.8 Å². The lowest BCUT2D eigenvalue weighted by Crippen LogP contribution is -2.30. The highest BCUT2D eigenvalue weighted by Crippen LogP contribution is 2.43. The summed E-state index contributed by atoms with van der Waals surface area (Å²) in [5.41, 5.74) is 11.8. The molecule has 160 valence electrons. The zero-order chi connectivity index (χ0) is 22.4. The highest BCUT2D eigenvalue weighted by Gasteiger charge is 2.37. The number of nitrogens with zero attached hydrogens (tertiary/aromatic N) is 6. The first-order valence-electron chi connectivity index (χ1n) is 9.78. The summed E-state index contributed by atoms with van der Waals surface area (Å²) < 4.78 is 1.44. The molecule has 0 bridgehead atoms. The summed E-state index contributed by atoms with van der Waals surface area (Å²) in [7, 11) is 0. The molecule has 1 aromatic carbocycles. The maximum Gasteiger partial charge on any atom is 0.268 e. The number of aromatic amines is 1. The van der Waals surface area contributed by atoms with Crippen LogP contribution in [0.1, 0.15) is 30.3 Å². The topological polar surface area (TPSA) is 177 Å². The number of hydrogen-bond donors (Lipinski definition) is 4. The molecule has 1 aliphatic rings. The number of fused-ring (bicyclic) bond motifs is 1. The van der Waals surface area contributed by atoms with Gasteiger partial charge in [-0.2, -0.15) is 20.3 Å². The summed E-state index contributed by atoms with van der Waals surface area (Å²) in [6.07, 6.45) is 3.35. The van der Waals surface area contributed by atoms with E-state index in [1.165, 1.54) is 4.57 Å². The van der Waals surface area contributed by atoms with Crippen LogP contribution < -0.4 is 22.3 Å². The molecule has 6 N–H and O–H groups in total. The second-order valence-corrected chi connectivity index (χ2v) is 7.86. The molecule has 0 spiro atoms. The van der Waals surface area contributed by atoms with Crippen LogP contribution in [-0.4, -0.2) is 29.7 Å². The molecule has 1 fully saturated rings. The monoisotopic (exact) mass is 448 g/mol. The molecule has 0 aliphatic heterocycles. The molecule has 3 heterocycles. The molecule has 1 unspecified atom stereocenters. The fourth-order valence-electron chi connectivity index (χ4n) is 3.70. The molecule has 1 atom stereocenters. The van der Waals surface area contributed by atoms with Gasteiger partial charge in [-0.3, -0.25) is 9.89 Å². The number of hydrogen-bond acceptors (Lipinski definition) is 9. The number of nitriles is 1. The predicted octanol–water partition coefficient (Wildman–Crippen LogP) is 2.15. The Kier molecular flexibility index (Phi) is 4.64. The van der Waals surface area contributed by atoms with Gasteiger partial charge in [0.15, 0.2) is 5.82 Å². The van der Waals surface area contributed by atoms with Crippen LogP contribution >= 0.6 is 11.6 Å². The number of halogens is 1. The van der Waals surface area contributed by atoms with Crippen LogP contribution in [0.15, 0.2) is 35.3 Å². The molecule has 1 saturated carbocycles. The fourth-order valence-corrected chi connectivity index (χ4v) is 3.95. The Bertz CT molecular complexity index is 1440. The van der Waals surface area contributed by atoms with Crippen LogP contribution in [0, 0.1) is 17.2 Å². The van der Waals surface area contributed by atoms with Gasteiger partial charge in [0.2, 0.25) is 5.95 Å². The summed E-state index contributed by atoms with van der Waals surface area (Å²) in [6, 6.07) is 8.32. The van der Waals surface area contributed by atoms with E-state index in [1.807, 2.05) is 6.07 Å². The van der Waals surface area contributed by atoms with E-state index in [1.54, 1.807) is 30.5 Å². The van der Waals surface area contributed by atoms with Gasteiger partial charge in [-0.15, -0.1) is 0 Å². The highest BCUT2D eigenvalue weighted by atomic mass is 35.5. The molecule has 0 radical (unpaired) electrons. The summed E-state index contributed by atoms with van der Waals surface area (Å²) in [4.78, 5) is 26.4. The summed E-state index contributed by atoms with van der Waals surface area (Å²) in [6.45, 7) is 0. The Morgan fingerprint density at radius 3 is 2.75 bits per heavy atom. The number of benzene rings is 1. The standard InChI is InChI=1S/C20H17ClN10O/c21-11-2-1-3-12-14(11)19(32)31(13-6-7-25-30-13)18(26-12)15(9-4-5-9)27-17-10(8-22)16(23)28-20(24)29-17/h1-3,6-7,9,15H,4-5H2,(H,25,30)(H5,23,24,27,28,29). The van der Waals surface area contributed by atoms with Crippen molar-refractivity contribution in [1.29, 1.82) is 5.26 Å². The van der Waals surface area contributed by atoms with Gasteiger partial charge < -0.3 is 16.8 Å². The van der Waals surface area contributed by atoms with Crippen molar-refractivity contribution in [2.75, 3.05) is 16.8 Å². The smallest absolute Gasteiger partial charge is 0.268 e. The minimum atomic E-state index is -0.463. The van der Waals surface area contributed by atoms with Gasteiger partial charge in [-0.05, 0) is 30.9 Å². The number of rotatable bonds is 5. The Hall–Kier alpha value is -4.17. The summed E-state index contributed by atoms with van der Waals surface area (Å²) >= 11 is 6.33. The van der Waals surface area contributed by atoms with Crippen molar-refractivity contribution in [1.82, 2.24) is 29.7 Å². The minimum absolute atomic E-state index is 0.0266. The van der Waals surface area contributed by atoms with Crippen molar-refractivity contribution in [3.63, 3.8) is 0 Å². The van der Waals surface area contributed by atoms with Crippen molar-refractivity contribution in [3.05, 3.63) is 57.2 Å². The lowest BCUT2D eigenvalue weighted by atomic mass is 10.1. The molecule has 4 aromatic rings. The Labute approximate surface area is 186 Å². The normalized spacial score (nSPS) is 14.2. The molecular formula is C20H17ClN10O. The molecule has 0 saturated heterocycles. The van der Waals surface area contributed by atoms with Crippen LogP contribution in [0.4, 0.5) is 17.6 Å². The van der Waals surface area contributed by atoms with E-state index in [4.69, 9.17) is 28.1 Å². The maximum atomic E-state index is 13.5. The van der Waals surface area contributed by atoms with Crippen LogP contribution in [0.5, 0.6) is 0 Å². The third-order valence-electron chi connectivity index (χ3n) is 5.33. The molecule has 0 amide bonds. The average Bonchev–Trinajstić information content (AvgIpc) is 3.45. The molecule has 32 heavy (non-hydrogen) atoms. The highest BCUT2D eigenvalue weighted by molar-refractivity contribution is 6.35. The third-order valence-corrected chi connectivity index (χ3v) is 5.64. The quantitative estimate of drug-likeness (QED) is 0.356. The number of H-pyrrole nitrogens is 1. The molecule has 11 nitrogen and oxygen atoms in total. The predicted molar refractivity (Wildman–Crippen MR) is 119 cm³/mol. The van der Waals surface area contributed by atoms with Gasteiger partial charge in [-0.1, -0.05) is 17.7 Å². The second kappa shape index (κ2) is 7.51. The largest absolute Gasteiger partial charge is 0.382 e. The van der Waals surface area contributed by atoms with Crippen molar-refractivity contribution in [2.45, 2.75) is 18.9 Å². The van der Waals surface area contributed by atoms with Crippen LogP contribution in [-0.2, 0) is 0 Å². The van der Waals surface area contributed by atoms with Gasteiger partial charge in [-0.25, -0.2) is 9.55 Å². The maximum absolute atomic E-state index is 13.5. The third kappa shape index (κ3) is 3.27. The molecule has 1 aliphatic carbocycles. The zero-order valence-electron chi connectivity index (χ0n) is 16.6. The van der Waals surface area contributed by atoms with E-state index in [9.17, 15) is 10.1 Å². The first kappa shape index (κ1) is 19.8. The molecule has 3 aromatic heterocycles. The number of nitrogens with one attached hydrogen (secondary N) is 2. The van der Waals surface area contributed by atoms with Crippen molar-refractivity contribution in [2.24, 2.45) is 5.92 Å². The van der Waals surface area contributed by atoms with E-state index >= 15 is 0 Å². The van der Waals surface area contributed by atoms with E-state index < -0.39 is 6.04 Å². The second-order valence-electron chi connectivity index (χ2n) is 7.45. The van der Waals surface area contributed by atoms with E-state index in [-0.39, 0.29) is 34.6 Å². The summed E-state index contributed by atoms with van der Waals surface area (Å²) in [5, 5.41) is 20.2. The van der Waals surface area contributed by atoms with Crippen molar-refractivity contribution >= 4 is 40.1 Å². The Morgan fingerprint density at radius 2 is 2.06 bits per heavy atom. The molecule has 5 rings (SSSR count). The number of nitrogens with two attached hydrogens (primary N) is 2. The van der Waals surface area contributed by atoms with Gasteiger partial charge in [0.1, 0.15) is 29.1 Å². The van der Waals surface area contributed by atoms with Gasteiger partial charge >= 0.3 is 0 Å². The first-order chi connectivity index (χ1) is 15.5. The number of anilines is 3. The van der Waals surface area contributed by atoms with Crippen molar-refractivity contribution < 1.29 is 0 Å². The first-order valence-corrected chi connectivity index (χ1v) is 10.2. The zero-order valence-corrected chi connectivity index (χ0v) is 17.3. The Balaban J connectivity index is 1.75. The molecular weight excluding hydrogens is 432 g/mol. The van der Waals surface area contributed by atoms with Crippen LogP contribution in [0.2, 0.25) is 5.02 Å². The lowest BCUT2D eigenvalue weighted by Gasteiger charge is -2.23. The fraction of sp³-hybridized carbons (Fsp3) is 0.200. The molecule has 12 heteroatoms. The van der Waals surface area contributed by atoms with Gasteiger partial charge in [0.05, 0.1) is 28.2 Å². The van der Waals surface area contributed by atoms with E-state index in [2.05, 4.69) is 25.5 Å². The van der Waals surface area contributed by atoms with Crippen LogP contribution in [0.25, 0.3) is 16.7 Å². The number of nitrogen functional groups attached to an aromatic ring is 2. The average molecular weight is 449 g/mol. The number of aromatic nitrogens is 6.